The smallest absolute Gasteiger partial charge is 0.336 e. The second-order valence-corrected chi connectivity index (χ2v) is 10.4. The first kappa shape index (κ1) is 30.4. The van der Waals surface area contributed by atoms with Gasteiger partial charge in [-0.25, -0.2) is 9.59 Å². The maximum Gasteiger partial charge on any atom is 0.336 e. The summed E-state index contributed by atoms with van der Waals surface area (Å²) in [5.74, 6) is -2.58. The van der Waals surface area contributed by atoms with Crippen molar-refractivity contribution in [2.75, 3.05) is 11.9 Å². The molecule has 1 atom stereocenters. The molecule has 40 heavy (non-hydrogen) atoms. The number of ketones is 1. The van der Waals surface area contributed by atoms with Crippen molar-refractivity contribution in [3.8, 4) is 5.75 Å². The second-order valence-electron chi connectivity index (χ2n) is 9.29. The van der Waals surface area contributed by atoms with Crippen LogP contribution in [-0.2, 0) is 4.79 Å². The summed E-state index contributed by atoms with van der Waals surface area (Å²) in [5.41, 5.74) is 0.463. The fourth-order valence-electron chi connectivity index (χ4n) is 4.06. The van der Waals surface area contributed by atoms with Gasteiger partial charge in [0.1, 0.15) is 5.75 Å². The Morgan fingerprint density at radius 3 is 2.25 bits per heavy atom. The highest BCUT2D eigenvalue weighted by atomic mass is 32.2. The van der Waals surface area contributed by atoms with E-state index in [1.54, 1.807) is 42.5 Å². The van der Waals surface area contributed by atoms with Gasteiger partial charge < -0.3 is 20.3 Å². The number of carboxylic acid groups (broad SMARTS) is 2. The molecule has 3 aromatic carbocycles. The van der Waals surface area contributed by atoms with E-state index in [4.69, 9.17) is 4.74 Å². The summed E-state index contributed by atoms with van der Waals surface area (Å²) in [6.45, 7) is 4.73. The quantitative estimate of drug-likeness (QED) is 0.133. The van der Waals surface area contributed by atoms with Crippen LogP contribution in [0.1, 0.15) is 77.0 Å². The number of para-hydroxylation sites is 1. The van der Waals surface area contributed by atoms with E-state index < -0.39 is 30.0 Å². The van der Waals surface area contributed by atoms with Crippen molar-refractivity contribution in [1.82, 2.24) is 0 Å². The van der Waals surface area contributed by atoms with Crippen molar-refractivity contribution in [1.29, 1.82) is 0 Å². The Morgan fingerprint density at radius 2 is 1.57 bits per heavy atom. The summed E-state index contributed by atoms with van der Waals surface area (Å²) in [5, 5.41) is 21.6. The Bertz CT molecular complexity index is 1370. The number of benzene rings is 3. The number of carbonyl (C=O) groups is 4. The summed E-state index contributed by atoms with van der Waals surface area (Å²) in [4.78, 5) is 50.2. The van der Waals surface area contributed by atoms with E-state index in [2.05, 4.69) is 19.2 Å². The van der Waals surface area contributed by atoms with Crippen molar-refractivity contribution >= 4 is 41.1 Å². The lowest BCUT2D eigenvalue weighted by Crippen LogP contribution is -2.18. The minimum atomic E-state index is -1.19. The molecule has 0 saturated carbocycles. The number of carbonyl (C=O) groups excluding carboxylic acids is 2. The van der Waals surface area contributed by atoms with Gasteiger partial charge in [0.25, 0.3) is 0 Å². The van der Waals surface area contributed by atoms with Crippen LogP contribution in [0, 0.1) is 5.92 Å². The maximum atomic E-state index is 13.1. The topological polar surface area (TPSA) is 130 Å². The average Bonchev–Trinajstić information content (AvgIpc) is 2.94. The summed E-state index contributed by atoms with van der Waals surface area (Å²) in [7, 11) is 0. The molecule has 0 heterocycles. The third-order valence-corrected chi connectivity index (χ3v) is 7.52. The number of Topliss-reactive ketones (excluding diaryl/α,β-unsaturated/α-hetero) is 1. The molecule has 0 aliphatic heterocycles. The molecule has 8 nitrogen and oxygen atoms in total. The number of rotatable bonds is 15. The molecule has 3 rings (SSSR count). The lowest BCUT2D eigenvalue weighted by molar-refractivity contribution is -0.115. The molecule has 0 bridgehead atoms. The third-order valence-electron chi connectivity index (χ3n) is 6.36. The van der Waals surface area contributed by atoms with Crippen LogP contribution in [0.5, 0.6) is 5.75 Å². The highest BCUT2D eigenvalue weighted by Gasteiger charge is 2.20. The predicted molar refractivity (Wildman–Crippen MR) is 154 cm³/mol. The first-order valence-electron chi connectivity index (χ1n) is 13.2. The molecular formula is C31H33NO7S. The standard InChI is InChI=1S/C31H33NO7S/c1-3-5-10-20(4-2)19-39-26-13-8-6-11-22(26)25(33)18-29(34)32-24-17-21(30(35)36)15-16-28(24)40-27-14-9-7-12-23(27)31(37)38/h6-9,11-17,20H,3-5,10,18-19H2,1-2H3,(H,32,34)(H,35,36)(H,37,38). The van der Waals surface area contributed by atoms with Crippen LogP contribution in [0.2, 0.25) is 0 Å². The molecule has 9 heteroatoms. The van der Waals surface area contributed by atoms with E-state index >= 15 is 0 Å². The first-order valence-corrected chi connectivity index (χ1v) is 14.0. The Balaban J connectivity index is 1.78. The lowest BCUT2D eigenvalue weighted by Gasteiger charge is -2.17. The highest BCUT2D eigenvalue weighted by molar-refractivity contribution is 7.99. The van der Waals surface area contributed by atoms with E-state index in [1.165, 1.54) is 24.3 Å². The highest BCUT2D eigenvalue weighted by Crippen LogP contribution is 2.36. The molecule has 1 unspecified atom stereocenters. The molecule has 0 aromatic heterocycles. The predicted octanol–water partition coefficient (Wildman–Crippen LogP) is 7.04. The normalized spacial score (nSPS) is 11.4. The van der Waals surface area contributed by atoms with Gasteiger partial charge in [0, 0.05) is 9.79 Å². The number of carboxylic acids is 2. The van der Waals surface area contributed by atoms with Crippen LogP contribution in [-0.4, -0.2) is 40.4 Å². The zero-order chi connectivity index (χ0) is 29.1. The van der Waals surface area contributed by atoms with E-state index in [0.717, 1.165) is 37.4 Å². The number of nitrogens with one attached hydrogen (secondary N) is 1. The summed E-state index contributed by atoms with van der Waals surface area (Å²) >= 11 is 1.07. The minimum absolute atomic E-state index is 0.0650. The molecule has 0 radical (unpaired) electrons. The minimum Gasteiger partial charge on any atom is -0.493 e. The number of hydrogen-bond acceptors (Lipinski definition) is 6. The number of ether oxygens (including phenoxy) is 1. The maximum absolute atomic E-state index is 13.1. The molecule has 210 valence electrons. The third kappa shape index (κ3) is 8.44. The van der Waals surface area contributed by atoms with Gasteiger partial charge in [0.05, 0.1) is 35.4 Å². The number of hydrogen-bond donors (Lipinski definition) is 3. The van der Waals surface area contributed by atoms with E-state index in [1.807, 2.05) is 0 Å². The Hall–Kier alpha value is -4.11. The van der Waals surface area contributed by atoms with Crippen molar-refractivity contribution in [3.63, 3.8) is 0 Å². The van der Waals surface area contributed by atoms with Gasteiger partial charge in [-0.3, -0.25) is 9.59 Å². The van der Waals surface area contributed by atoms with E-state index in [0.29, 0.717) is 33.6 Å². The van der Waals surface area contributed by atoms with Crippen LogP contribution in [0.25, 0.3) is 0 Å². The second kappa shape index (κ2) is 14.9. The van der Waals surface area contributed by atoms with E-state index in [9.17, 15) is 29.4 Å². The van der Waals surface area contributed by atoms with Gasteiger partial charge in [-0.2, -0.15) is 0 Å². The van der Waals surface area contributed by atoms with E-state index in [-0.39, 0.29) is 16.8 Å². The van der Waals surface area contributed by atoms with Crippen LogP contribution < -0.4 is 10.1 Å². The Kier molecular flexibility index (Phi) is 11.3. The van der Waals surface area contributed by atoms with Gasteiger partial charge in [-0.1, -0.05) is 69.1 Å². The number of aromatic carboxylic acids is 2. The van der Waals surface area contributed by atoms with Crippen molar-refractivity contribution in [2.24, 2.45) is 5.92 Å². The molecule has 0 aliphatic rings. The van der Waals surface area contributed by atoms with Gasteiger partial charge >= 0.3 is 11.9 Å². The molecule has 0 aliphatic carbocycles. The van der Waals surface area contributed by atoms with Crippen molar-refractivity contribution < 1.29 is 34.1 Å². The molecule has 3 aromatic rings. The molecule has 0 spiro atoms. The Labute approximate surface area is 237 Å². The van der Waals surface area contributed by atoms with Crippen LogP contribution in [0.3, 0.4) is 0 Å². The molecule has 3 N–H and O–H groups in total. The van der Waals surface area contributed by atoms with Crippen LogP contribution >= 0.6 is 11.8 Å². The monoisotopic (exact) mass is 563 g/mol. The van der Waals surface area contributed by atoms with Gasteiger partial charge in [0.2, 0.25) is 5.91 Å². The molecule has 0 saturated heterocycles. The zero-order valence-corrected chi connectivity index (χ0v) is 23.3. The molecular weight excluding hydrogens is 530 g/mol. The summed E-state index contributed by atoms with van der Waals surface area (Å²) in [6, 6.07) is 17.3. The van der Waals surface area contributed by atoms with Gasteiger partial charge in [-0.15, -0.1) is 0 Å². The fraction of sp³-hybridized carbons (Fsp3) is 0.290. The van der Waals surface area contributed by atoms with Crippen LogP contribution in [0.15, 0.2) is 76.5 Å². The van der Waals surface area contributed by atoms with Crippen molar-refractivity contribution in [2.45, 2.75) is 55.7 Å². The first-order chi connectivity index (χ1) is 19.2. The molecule has 0 fully saturated rings. The lowest BCUT2D eigenvalue weighted by atomic mass is 10.0. The number of unbranched alkanes of at least 4 members (excludes halogenated alkanes) is 1. The number of amides is 1. The summed E-state index contributed by atoms with van der Waals surface area (Å²) in [6.07, 6.45) is 3.72. The van der Waals surface area contributed by atoms with Crippen molar-refractivity contribution in [3.05, 3.63) is 83.4 Å². The number of anilines is 1. The Morgan fingerprint density at radius 1 is 0.875 bits per heavy atom. The largest absolute Gasteiger partial charge is 0.493 e. The zero-order valence-electron chi connectivity index (χ0n) is 22.5. The van der Waals surface area contributed by atoms with Gasteiger partial charge in [0.15, 0.2) is 5.78 Å². The SMILES string of the molecule is CCCCC(CC)COc1ccccc1C(=O)CC(=O)Nc1cc(C(=O)O)ccc1Sc1ccccc1C(=O)O. The summed E-state index contributed by atoms with van der Waals surface area (Å²) < 4.78 is 6.00. The fourth-order valence-corrected chi connectivity index (χ4v) is 5.07. The molecule has 1 amide bonds. The van der Waals surface area contributed by atoms with Crippen LogP contribution in [0.4, 0.5) is 5.69 Å². The van der Waals surface area contributed by atoms with Gasteiger partial charge in [-0.05, 0) is 54.8 Å². The average molecular weight is 564 g/mol.